The third kappa shape index (κ3) is 5.70. The molecular formula is C28H22ClFN2O5. The van der Waals surface area contributed by atoms with Crippen molar-refractivity contribution in [3.63, 3.8) is 0 Å². The summed E-state index contributed by atoms with van der Waals surface area (Å²) < 4.78 is 24.9. The highest BCUT2D eigenvalue weighted by Gasteiger charge is 2.36. The van der Waals surface area contributed by atoms with E-state index >= 15 is 0 Å². The van der Waals surface area contributed by atoms with Gasteiger partial charge in [0.05, 0.1) is 12.8 Å². The predicted octanol–water partition coefficient (Wildman–Crippen LogP) is 5.46. The number of barbiturate groups is 1. The van der Waals surface area contributed by atoms with Crippen LogP contribution in [0.3, 0.4) is 0 Å². The Labute approximate surface area is 217 Å². The minimum Gasteiger partial charge on any atom is -0.493 e. The van der Waals surface area contributed by atoms with Crippen LogP contribution < -0.4 is 19.7 Å². The number of hydrogen-bond acceptors (Lipinski definition) is 5. The van der Waals surface area contributed by atoms with Crippen LogP contribution in [-0.2, 0) is 22.6 Å². The molecule has 0 aliphatic carbocycles. The van der Waals surface area contributed by atoms with Gasteiger partial charge in [-0.1, -0.05) is 29.8 Å². The molecule has 0 saturated carbocycles. The van der Waals surface area contributed by atoms with Crippen LogP contribution in [0.1, 0.15) is 16.7 Å². The van der Waals surface area contributed by atoms with Crippen molar-refractivity contribution in [2.24, 2.45) is 0 Å². The van der Waals surface area contributed by atoms with E-state index in [4.69, 9.17) is 21.1 Å². The summed E-state index contributed by atoms with van der Waals surface area (Å²) in [5, 5.41) is 2.74. The monoisotopic (exact) mass is 520 g/mol. The molecule has 37 heavy (non-hydrogen) atoms. The molecular weight excluding hydrogens is 499 g/mol. The van der Waals surface area contributed by atoms with E-state index < -0.39 is 23.7 Å². The topological polar surface area (TPSA) is 84.9 Å². The lowest BCUT2D eigenvalue weighted by molar-refractivity contribution is -0.122. The van der Waals surface area contributed by atoms with Crippen molar-refractivity contribution in [1.82, 2.24) is 5.32 Å². The van der Waals surface area contributed by atoms with Gasteiger partial charge < -0.3 is 9.47 Å². The van der Waals surface area contributed by atoms with Crippen LogP contribution in [-0.4, -0.2) is 25.0 Å². The first-order valence-electron chi connectivity index (χ1n) is 11.2. The van der Waals surface area contributed by atoms with Crippen LogP contribution >= 0.6 is 11.6 Å². The van der Waals surface area contributed by atoms with E-state index in [1.165, 1.54) is 25.3 Å². The highest BCUT2D eigenvalue weighted by Crippen LogP contribution is 2.35. The van der Waals surface area contributed by atoms with Gasteiger partial charge in [-0.25, -0.2) is 14.1 Å². The molecule has 1 aliphatic rings. The number of halogens is 2. The summed E-state index contributed by atoms with van der Waals surface area (Å²) >= 11 is 6.07. The number of anilines is 1. The van der Waals surface area contributed by atoms with E-state index in [1.54, 1.807) is 30.3 Å². The molecule has 4 amide bonds. The second kappa shape index (κ2) is 11.1. The smallest absolute Gasteiger partial charge is 0.335 e. The van der Waals surface area contributed by atoms with Crippen molar-refractivity contribution in [2.75, 3.05) is 12.0 Å². The third-order valence-electron chi connectivity index (χ3n) is 5.51. The zero-order valence-electron chi connectivity index (χ0n) is 19.8. The lowest BCUT2D eigenvalue weighted by Gasteiger charge is -2.26. The molecule has 1 aliphatic heterocycles. The van der Waals surface area contributed by atoms with Gasteiger partial charge in [-0.15, -0.1) is 6.58 Å². The van der Waals surface area contributed by atoms with Gasteiger partial charge in [0.1, 0.15) is 18.0 Å². The molecule has 0 spiro atoms. The summed E-state index contributed by atoms with van der Waals surface area (Å²) in [5.41, 5.74) is 1.88. The molecule has 0 atom stereocenters. The standard InChI is InChI=1S/C28H22ClFN2O5/c1-3-5-19-12-18(15-24(36-2)25(19)37-16-17-6-4-7-20(29)13-17)14-23-26(33)31-28(35)32(27(23)34)22-10-8-21(30)9-11-22/h3-4,6-15H,1,5,16H2,2H3,(H,31,33,35)/b23-14+. The van der Waals surface area contributed by atoms with Crippen LogP contribution in [0.2, 0.25) is 5.02 Å². The van der Waals surface area contributed by atoms with Gasteiger partial charge in [-0.05, 0) is 72.2 Å². The fourth-order valence-corrected chi connectivity index (χ4v) is 4.03. The Morgan fingerprint density at radius 3 is 2.51 bits per heavy atom. The highest BCUT2D eigenvalue weighted by molar-refractivity contribution is 6.39. The van der Waals surface area contributed by atoms with Gasteiger partial charge in [0.15, 0.2) is 11.5 Å². The van der Waals surface area contributed by atoms with Crippen molar-refractivity contribution >= 4 is 41.2 Å². The fraction of sp³-hybridized carbons (Fsp3) is 0.107. The molecule has 7 nitrogen and oxygen atoms in total. The maximum Gasteiger partial charge on any atom is 0.335 e. The largest absolute Gasteiger partial charge is 0.493 e. The van der Waals surface area contributed by atoms with Gasteiger partial charge in [0.25, 0.3) is 11.8 Å². The van der Waals surface area contributed by atoms with Crippen LogP contribution in [0.15, 0.2) is 78.9 Å². The first kappa shape index (κ1) is 25.7. The second-order valence-electron chi connectivity index (χ2n) is 8.06. The van der Waals surface area contributed by atoms with Crippen molar-refractivity contribution < 1.29 is 28.2 Å². The number of carbonyl (C=O) groups is 3. The van der Waals surface area contributed by atoms with E-state index in [0.717, 1.165) is 22.6 Å². The molecule has 1 saturated heterocycles. The Balaban J connectivity index is 1.69. The average molecular weight is 521 g/mol. The Kier molecular flexibility index (Phi) is 7.69. The normalized spacial score (nSPS) is 14.5. The first-order valence-corrected chi connectivity index (χ1v) is 11.5. The minimum absolute atomic E-state index is 0.122. The Bertz CT molecular complexity index is 1420. The Morgan fingerprint density at radius 1 is 1.08 bits per heavy atom. The van der Waals surface area contributed by atoms with Crippen molar-refractivity contribution in [1.29, 1.82) is 0 Å². The average Bonchev–Trinajstić information content (AvgIpc) is 2.87. The van der Waals surface area contributed by atoms with Crippen LogP contribution in [0.25, 0.3) is 6.08 Å². The number of amides is 4. The van der Waals surface area contributed by atoms with Gasteiger partial charge in [0.2, 0.25) is 0 Å². The second-order valence-corrected chi connectivity index (χ2v) is 8.49. The molecule has 0 unspecified atom stereocenters. The third-order valence-corrected chi connectivity index (χ3v) is 5.74. The number of imide groups is 2. The lowest BCUT2D eigenvalue weighted by atomic mass is 10.0. The number of methoxy groups -OCH3 is 1. The maximum absolute atomic E-state index is 13.3. The summed E-state index contributed by atoms with van der Waals surface area (Å²) in [6.45, 7) is 4.02. The van der Waals surface area contributed by atoms with E-state index in [1.807, 2.05) is 12.1 Å². The van der Waals surface area contributed by atoms with Crippen LogP contribution in [0.5, 0.6) is 11.5 Å². The molecule has 188 valence electrons. The fourth-order valence-electron chi connectivity index (χ4n) is 3.82. The molecule has 1 N–H and O–H groups in total. The number of nitrogens with zero attached hydrogens (tertiary/aromatic N) is 1. The molecule has 4 rings (SSSR count). The highest BCUT2D eigenvalue weighted by atomic mass is 35.5. The van der Waals surface area contributed by atoms with Gasteiger partial charge >= 0.3 is 6.03 Å². The molecule has 9 heteroatoms. The van der Waals surface area contributed by atoms with Crippen molar-refractivity contribution in [2.45, 2.75) is 13.0 Å². The predicted molar refractivity (Wildman–Crippen MR) is 138 cm³/mol. The zero-order valence-corrected chi connectivity index (χ0v) is 20.5. The molecule has 3 aromatic carbocycles. The molecule has 1 heterocycles. The van der Waals surface area contributed by atoms with Crippen LogP contribution in [0.4, 0.5) is 14.9 Å². The molecule has 0 bridgehead atoms. The number of carbonyl (C=O) groups excluding carboxylic acids is 3. The van der Waals surface area contributed by atoms with Crippen LogP contribution in [0, 0.1) is 5.82 Å². The first-order chi connectivity index (χ1) is 17.8. The van der Waals surface area contributed by atoms with E-state index in [-0.39, 0.29) is 17.9 Å². The van der Waals surface area contributed by atoms with E-state index in [2.05, 4.69) is 11.9 Å². The Morgan fingerprint density at radius 2 is 1.84 bits per heavy atom. The quantitative estimate of drug-likeness (QED) is 0.242. The summed E-state index contributed by atoms with van der Waals surface area (Å²) in [6.07, 6.45) is 3.46. The SMILES string of the molecule is C=CCc1cc(/C=C2\C(=O)NC(=O)N(c3ccc(F)cc3)C2=O)cc(OC)c1OCc1cccc(Cl)c1. The maximum atomic E-state index is 13.3. The number of benzene rings is 3. The van der Waals surface area contributed by atoms with E-state index in [9.17, 15) is 18.8 Å². The van der Waals surface area contributed by atoms with Crippen molar-refractivity contribution in [3.05, 3.63) is 106 Å². The minimum atomic E-state index is -0.923. The van der Waals surface area contributed by atoms with Gasteiger partial charge in [0, 0.05) is 10.6 Å². The Hall–Kier alpha value is -4.43. The zero-order chi connectivity index (χ0) is 26.5. The van der Waals surface area contributed by atoms with Gasteiger partial charge in [-0.2, -0.15) is 0 Å². The number of nitrogens with one attached hydrogen (secondary N) is 1. The van der Waals surface area contributed by atoms with E-state index in [0.29, 0.717) is 34.1 Å². The van der Waals surface area contributed by atoms with Gasteiger partial charge in [-0.3, -0.25) is 14.9 Å². The molecule has 0 aromatic heterocycles. The lowest BCUT2D eigenvalue weighted by Crippen LogP contribution is -2.54. The molecule has 3 aromatic rings. The summed E-state index contributed by atoms with van der Waals surface area (Å²) in [6, 6.07) is 14.5. The summed E-state index contributed by atoms with van der Waals surface area (Å²) in [7, 11) is 1.48. The molecule has 0 radical (unpaired) electrons. The number of ether oxygens (including phenoxy) is 2. The van der Waals surface area contributed by atoms with Crippen molar-refractivity contribution in [3.8, 4) is 11.5 Å². The number of urea groups is 1. The molecule has 1 fully saturated rings. The summed E-state index contributed by atoms with van der Waals surface area (Å²) in [5.74, 6) is -1.36. The number of rotatable bonds is 8. The number of hydrogen-bond donors (Lipinski definition) is 1. The number of allylic oxidation sites excluding steroid dienone is 1. The summed E-state index contributed by atoms with van der Waals surface area (Å²) in [4.78, 5) is 38.9.